The van der Waals surface area contributed by atoms with Gasteiger partial charge in [-0.25, -0.2) is 0 Å². The van der Waals surface area contributed by atoms with Gasteiger partial charge in [0, 0.05) is 0 Å². The Bertz CT molecular complexity index is 493. The molecular formula is C23H39NO. The van der Waals surface area contributed by atoms with Crippen LogP contribution in [0, 0.1) is 6.92 Å². The Labute approximate surface area is 156 Å². The second kappa shape index (κ2) is 10.2. The van der Waals surface area contributed by atoms with Gasteiger partial charge in [0.15, 0.2) is 0 Å². The van der Waals surface area contributed by atoms with Crippen LogP contribution < -0.4 is 4.74 Å². The van der Waals surface area contributed by atoms with E-state index in [1.165, 1.54) is 75.7 Å². The summed E-state index contributed by atoms with van der Waals surface area (Å²) in [6, 6.07) is 6.59. The summed E-state index contributed by atoms with van der Waals surface area (Å²) in [6.45, 7) is 13.6. The van der Waals surface area contributed by atoms with E-state index in [1.807, 2.05) is 0 Å². The Balaban J connectivity index is 1.74. The van der Waals surface area contributed by atoms with E-state index in [2.05, 4.69) is 50.8 Å². The molecule has 1 saturated heterocycles. The van der Waals surface area contributed by atoms with Crippen LogP contribution >= 0.6 is 0 Å². The van der Waals surface area contributed by atoms with Crippen molar-refractivity contribution in [2.45, 2.75) is 84.5 Å². The number of benzene rings is 1. The number of nitrogens with zero attached hydrogens (tertiary/aromatic N) is 1. The largest absolute Gasteiger partial charge is 0.493 e. The third-order valence-corrected chi connectivity index (χ3v) is 5.27. The summed E-state index contributed by atoms with van der Waals surface area (Å²) in [5, 5.41) is 0. The summed E-state index contributed by atoms with van der Waals surface area (Å²) in [5.74, 6) is 1.07. The monoisotopic (exact) mass is 345 g/mol. The van der Waals surface area contributed by atoms with Crippen LogP contribution in [-0.2, 0) is 5.41 Å². The molecule has 0 aliphatic carbocycles. The second-order valence-electron chi connectivity index (χ2n) is 8.77. The van der Waals surface area contributed by atoms with Gasteiger partial charge >= 0.3 is 0 Å². The summed E-state index contributed by atoms with van der Waals surface area (Å²) in [5.41, 5.74) is 2.77. The quantitative estimate of drug-likeness (QED) is 0.577. The Morgan fingerprint density at radius 1 is 0.920 bits per heavy atom. The Kier molecular flexibility index (Phi) is 8.29. The smallest absolute Gasteiger partial charge is 0.123 e. The lowest BCUT2D eigenvalue weighted by molar-refractivity contribution is 0.244. The molecule has 25 heavy (non-hydrogen) atoms. The first kappa shape index (κ1) is 20.3. The van der Waals surface area contributed by atoms with Crippen molar-refractivity contribution in [1.29, 1.82) is 0 Å². The minimum atomic E-state index is 0.129. The molecule has 2 heteroatoms. The van der Waals surface area contributed by atoms with Gasteiger partial charge in [0.25, 0.3) is 0 Å². The van der Waals surface area contributed by atoms with E-state index >= 15 is 0 Å². The number of rotatable bonds is 6. The molecule has 0 spiro atoms. The van der Waals surface area contributed by atoms with Gasteiger partial charge in [0.2, 0.25) is 0 Å². The molecular weight excluding hydrogens is 306 g/mol. The highest BCUT2D eigenvalue weighted by atomic mass is 16.5. The molecule has 1 aliphatic heterocycles. The van der Waals surface area contributed by atoms with Gasteiger partial charge in [-0.2, -0.15) is 0 Å². The van der Waals surface area contributed by atoms with Crippen LogP contribution in [-0.4, -0.2) is 31.1 Å². The van der Waals surface area contributed by atoms with Crippen LogP contribution in [0.3, 0.4) is 0 Å². The maximum atomic E-state index is 6.15. The molecule has 0 aromatic heterocycles. The zero-order chi connectivity index (χ0) is 18.1. The lowest BCUT2D eigenvalue weighted by Crippen LogP contribution is -2.27. The normalized spacial score (nSPS) is 17.6. The minimum absolute atomic E-state index is 0.129. The zero-order valence-corrected chi connectivity index (χ0v) is 17.1. The van der Waals surface area contributed by atoms with Gasteiger partial charge in [0.05, 0.1) is 6.61 Å². The van der Waals surface area contributed by atoms with E-state index in [1.54, 1.807) is 0 Å². The molecule has 0 N–H and O–H groups in total. The highest BCUT2D eigenvalue weighted by molar-refractivity contribution is 5.41. The highest BCUT2D eigenvalue weighted by Crippen LogP contribution is 2.32. The van der Waals surface area contributed by atoms with E-state index in [0.29, 0.717) is 0 Å². The predicted molar refractivity (Wildman–Crippen MR) is 109 cm³/mol. The maximum absolute atomic E-state index is 6.15. The third kappa shape index (κ3) is 7.40. The van der Waals surface area contributed by atoms with Crippen LogP contribution in [0.2, 0.25) is 0 Å². The lowest BCUT2D eigenvalue weighted by atomic mass is 9.85. The standard InChI is InChI=1S/C23H39NO/c1-20-13-14-22(21(19-20)23(2,3)4)25-18-12-11-17-24-15-9-7-5-6-8-10-16-24/h13-14,19H,5-12,15-18H2,1-4H3. The van der Waals surface area contributed by atoms with Gasteiger partial charge in [-0.1, -0.05) is 64.2 Å². The SMILES string of the molecule is Cc1ccc(OCCCCN2CCCCCCCC2)c(C(C)(C)C)c1. The first-order valence-electron chi connectivity index (χ1n) is 10.4. The third-order valence-electron chi connectivity index (χ3n) is 5.27. The van der Waals surface area contributed by atoms with E-state index < -0.39 is 0 Å². The molecule has 2 nitrogen and oxygen atoms in total. The van der Waals surface area contributed by atoms with Gasteiger partial charge in [-0.3, -0.25) is 0 Å². The Morgan fingerprint density at radius 2 is 1.56 bits per heavy atom. The van der Waals surface area contributed by atoms with Crippen LogP contribution in [0.1, 0.15) is 83.3 Å². The first-order chi connectivity index (χ1) is 12.0. The molecule has 0 bridgehead atoms. The fourth-order valence-corrected chi connectivity index (χ4v) is 3.69. The van der Waals surface area contributed by atoms with E-state index in [-0.39, 0.29) is 5.41 Å². The maximum Gasteiger partial charge on any atom is 0.123 e. The van der Waals surface area contributed by atoms with Crippen molar-refractivity contribution in [3.05, 3.63) is 29.3 Å². The van der Waals surface area contributed by atoms with Crippen molar-refractivity contribution in [1.82, 2.24) is 4.90 Å². The zero-order valence-electron chi connectivity index (χ0n) is 17.1. The van der Waals surface area contributed by atoms with E-state index in [9.17, 15) is 0 Å². The molecule has 1 heterocycles. The summed E-state index contributed by atoms with van der Waals surface area (Å²) in [7, 11) is 0. The van der Waals surface area contributed by atoms with Gasteiger partial charge < -0.3 is 9.64 Å². The molecule has 1 aromatic rings. The average Bonchev–Trinajstić information content (AvgIpc) is 2.69. The van der Waals surface area contributed by atoms with Gasteiger partial charge in [-0.15, -0.1) is 0 Å². The van der Waals surface area contributed by atoms with Crippen LogP contribution in [0.25, 0.3) is 0 Å². The average molecular weight is 346 g/mol. The Morgan fingerprint density at radius 3 is 2.20 bits per heavy atom. The van der Waals surface area contributed by atoms with Crippen molar-refractivity contribution in [2.75, 3.05) is 26.2 Å². The molecule has 0 radical (unpaired) electrons. The molecule has 1 aromatic carbocycles. The van der Waals surface area contributed by atoms with Gasteiger partial charge in [0.1, 0.15) is 5.75 Å². The summed E-state index contributed by atoms with van der Waals surface area (Å²) in [4.78, 5) is 2.68. The van der Waals surface area contributed by atoms with E-state index in [0.717, 1.165) is 18.8 Å². The number of unbranched alkanes of at least 4 members (excludes halogenated alkanes) is 1. The molecule has 0 saturated carbocycles. The molecule has 0 atom stereocenters. The number of hydrogen-bond donors (Lipinski definition) is 0. The fourth-order valence-electron chi connectivity index (χ4n) is 3.69. The summed E-state index contributed by atoms with van der Waals surface area (Å²) < 4.78 is 6.15. The molecule has 142 valence electrons. The minimum Gasteiger partial charge on any atom is -0.493 e. The molecule has 0 amide bonds. The molecule has 2 rings (SSSR count). The Hall–Kier alpha value is -1.02. The van der Waals surface area contributed by atoms with Crippen molar-refractivity contribution in [3.8, 4) is 5.75 Å². The molecule has 0 unspecified atom stereocenters. The van der Waals surface area contributed by atoms with E-state index in [4.69, 9.17) is 4.74 Å². The second-order valence-corrected chi connectivity index (χ2v) is 8.77. The number of hydrogen-bond acceptors (Lipinski definition) is 2. The van der Waals surface area contributed by atoms with Crippen LogP contribution in [0.5, 0.6) is 5.75 Å². The first-order valence-corrected chi connectivity index (χ1v) is 10.4. The molecule has 1 fully saturated rings. The van der Waals surface area contributed by atoms with Crippen molar-refractivity contribution in [3.63, 3.8) is 0 Å². The van der Waals surface area contributed by atoms with Crippen molar-refractivity contribution < 1.29 is 4.74 Å². The van der Waals surface area contributed by atoms with Crippen molar-refractivity contribution >= 4 is 0 Å². The topological polar surface area (TPSA) is 12.5 Å². The fraction of sp³-hybridized carbons (Fsp3) is 0.739. The highest BCUT2D eigenvalue weighted by Gasteiger charge is 2.19. The summed E-state index contributed by atoms with van der Waals surface area (Å²) >= 11 is 0. The number of aryl methyl sites for hydroxylation is 1. The predicted octanol–water partition coefficient (Wildman–Crippen LogP) is 6.11. The lowest BCUT2D eigenvalue weighted by Gasteiger charge is -2.24. The molecule has 1 aliphatic rings. The summed E-state index contributed by atoms with van der Waals surface area (Å²) in [6.07, 6.45) is 10.9. The van der Waals surface area contributed by atoms with Crippen LogP contribution in [0.4, 0.5) is 0 Å². The van der Waals surface area contributed by atoms with Crippen molar-refractivity contribution in [2.24, 2.45) is 0 Å². The number of ether oxygens (including phenoxy) is 1. The van der Waals surface area contributed by atoms with Gasteiger partial charge in [-0.05, 0) is 69.3 Å². The van der Waals surface area contributed by atoms with Crippen LogP contribution in [0.15, 0.2) is 18.2 Å².